The molecule has 1 aromatic rings. The molecular formula is C43H65N11O13S2. The number of primary amides is 2. The van der Waals surface area contributed by atoms with E-state index in [0.29, 0.717) is 37.8 Å². The monoisotopic (exact) mass is 1010 g/mol. The van der Waals surface area contributed by atoms with Crippen LogP contribution < -0.4 is 54.4 Å². The lowest BCUT2D eigenvalue weighted by molar-refractivity contribution is -0.142. The predicted molar refractivity (Wildman–Crippen MR) is 253 cm³/mol. The van der Waals surface area contributed by atoms with Gasteiger partial charge in [0, 0.05) is 37.3 Å². The van der Waals surface area contributed by atoms with Crippen LogP contribution >= 0.6 is 21.6 Å². The average molecular weight is 1010 g/mol. The van der Waals surface area contributed by atoms with Crippen molar-refractivity contribution in [1.29, 1.82) is 0 Å². The fraction of sp³-hybridized carbons (Fsp3) is 0.605. The number of carboxylic acids is 1. The van der Waals surface area contributed by atoms with Crippen LogP contribution in [0.2, 0.25) is 0 Å². The largest absolute Gasteiger partial charge is 0.508 e. The Bertz CT molecular complexity index is 2010. The molecule has 2 aliphatic rings. The molecule has 2 aliphatic heterocycles. The van der Waals surface area contributed by atoms with E-state index in [9.17, 15) is 63.0 Å². The molecule has 0 aliphatic carbocycles. The van der Waals surface area contributed by atoms with Gasteiger partial charge in [0.05, 0.1) is 13.0 Å². The van der Waals surface area contributed by atoms with Crippen molar-refractivity contribution in [2.75, 3.05) is 31.1 Å². The van der Waals surface area contributed by atoms with E-state index in [1.165, 1.54) is 17.0 Å². The van der Waals surface area contributed by atoms with Gasteiger partial charge in [-0.3, -0.25) is 52.7 Å². The molecule has 1 aromatic carbocycles. The van der Waals surface area contributed by atoms with Gasteiger partial charge in [0.15, 0.2) is 0 Å². The zero-order valence-corrected chi connectivity index (χ0v) is 40.3. The lowest BCUT2D eigenvalue weighted by atomic mass is 9.96. The summed E-state index contributed by atoms with van der Waals surface area (Å²) in [5.41, 5.74) is 16.9. The number of aliphatic carboxylic acids is 1. The molecule has 24 nitrogen and oxygen atoms in total. The van der Waals surface area contributed by atoms with Crippen molar-refractivity contribution in [3.05, 3.63) is 29.8 Å². The summed E-state index contributed by atoms with van der Waals surface area (Å²) in [7, 11) is 2.21. The molecule has 0 saturated carbocycles. The summed E-state index contributed by atoms with van der Waals surface area (Å²) in [6.07, 6.45) is -0.186. The van der Waals surface area contributed by atoms with E-state index in [0.717, 1.165) is 21.6 Å². The number of hydrogen-bond acceptors (Lipinski definition) is 15. The van der Waals surface area contributed by atoms with Crippen LogP contribution in [0.4, 0.5) is 0 Å². The number of nitrogens with one attached hydrogen (secondary N) is 7. The fourth-order valence-electron chi connectivity index (χ4n) is 7.37. The smallest absolute Gasteiger partial charge is 0.303 e. The van der Waals surface area contributed by atoms with E-state index in [1.54, 1.807) is 26.0 Å². The Kier molecular flexibility index (Phi) is 24.0. The van der Waals surface area contributed by atoms with Gasteiger partial charge in [0.25, 0.3) is 0 Å². The number of rotatable bonds is 19. The number of unbranched alkanes of at least 4 members (excludes halogenated alkanes) is 1. The maximum absolute atomic E-state index is 14.5. The Labute approximate surface area is 407 Å². The Morgan fingerprint density at radius 3 is 2.16 bits per heavy atom. The second-order valence-electron chi connectivity index (χ2n) is 16.7. The van der Waals surface area contributed by atoms with Crippen LogP contribution in [0.25, 0.3) is 0 Å². The zero-order chi connectivity index (χ0) is 51.2. The highest BCUT2D eigenvalue weighted by molar-refractivity contribution is 8.76. The van der Waals surface area contributed by atoms with E-state index < -0.39 is 139 Å². The van der Waals surface area contributed by atoms with Crippen LogP contribution in [0.3, 0.4) is 0 Å². The molecule has 1 unspecified atom stereocenters. The Morgan fingerprint density at radius 1 is 0.855 bits per heavy atom. The van der Waals surface area contributed by atoms with E-state index in [4.69, 9.17) is 17.2 Å². The Balaban J connectivity index is 2.01. The van der Waals surface area contributed by atoms with Crippen molar-refractivity contribution in [3.63, 3.8) is 0 Å². The predicted octanol–water partition coefficient (Wildman–Crippen LogP) is -2.86. The lowest BCUT2D eigenvalue weighted by Gasteiger charge is -2.31. The number of carbonyl (C=O) groups excluding carboxylic acids is 10. The molecule has 8 atom stereocenters. The highest BCUT2D eigenvalue weighted by atomic mass is 33.1. The quantitative estimate of drug-likeness (QED) is 0.0490. The fourth-order valence-corrected chi connectivity index (χ4v) is 9.51. The molecule has 0 bridgehead atoms. The number of aromatic hydroxyl groups is 1. The van der Waals surface area contributed by atoms with Crippen LogP contribution in [0.1, 0.15) is 83.6 Å². The van der Waals surface area contributed by atoms with Gasteiger partial charge in [-0.2, -0.15) is 0 Å². The average Bonchev–Trinajstić information content (AvgIpc) is 3.80. The van der Waals surface area contributed by atoms with Crippen LogP contribution in [-0.2, 0) is 59.2 Å². The van der Waals surface area contributed by atoms with Gasteiger partial charge in [-0.15, -0.1) is 0 Å². The van der Waals surface area contributed by atoms with Crippen LogP contribution in [0, 0.1) is 5.92 Å². The first kappa shape index (κ1) is 57.2. The molecular weight excluding hydrogens is 943 g/mol. The summed E-state index contributed by atoms with van der Waals surface area (Å²) in [6, 6.07) is -3.75. The van der Waals surface area contributed by atoms with Crippen LogP contribution in [-0.4, -0.2) is 154 Å². The SMILES string of the molecule is CC[C@H](C)[C@@H]1NC(=O)[C@H](Cc2ccc(O)cc2)NC(=O)CCSSC[C@@H](C(=O)N2CCC[C@H]2C(=O)N[C@@H](CCCCN)C(=O)NCC(N)=O)NC(=O)[C@H](CC(N)=O)NC(=O)C(CCC(=O)O)NC1=O. The van der Waals surface area contributed by atoms with Crippen molar-refractivity contribution in [2.45, 2.75) is 127 Å². The topological polar surface area (TPSA) is 394 Å². The Morgan fingerprint density at radius 2 is 1.52 bits per heavy atom. The molecule has 2 fully saturated rings. The number of phenolic OH excluding ortho intramolecular Hbond substituents is 1. The second-order valence-corrected chi connectivity index (χ2v) is 19.4. The lowest BCUT2D eigenvalue weighted by Crippen LogP contribution is -2.61. The molecule has 10 amide bonds. The summed E-state index contributed by atoms with van der Waals surface area (Å²) >= 11 is 0. The molecule has 0 aromatic heterocycles. The molecule has 26 heteroatoms. The van der Waals surface area contributed by atoms with Crippen molar-refractivity contribution >= 4 is 86.6 Å². The third-order valence-electron chi connectivity index (χ3n) is 11.3. The van der Waals surface area contributed by atoms with E-state index in [-0.39, 0.29) is 49.5 Å². The van der Waals surface area contributed by atoms with Gasteiger partial charge in [0.1, 0.15) is 48.0 Å². The molecule has 15 N–H and O–H groups in total. The summed E-state index contributed by atoms with van der Waals surface area (Å²) in [6.45, 7) is 3.27. The molecule has 69 heavy (non-hydrogen) atoms. The minimum atomic E-state index is -1.77. The second kappa shape index (κ2) is 29.0. The maximum atomic E-state index is 14.5. The number of nitrogens with two attached hydrogens (primary N) is 3. The van der Waals surface area contributed by atoms with Crippen molar-refractivity contribution in [1.82, 2.24) is 42.1 Å². The van der Waals surface area contributed by atoms with E-state index in [1.807, 2.05) is 0 Å². The highest BCUT2D eigenvalue weighted by Gasteiger charge is 2.40. The Hall–Kier alpha value is -6.15. The van der Waals surface area contributed by atoms with Gasteiger partial charge >= 0.3 is 5.97 Å². The number of amides is 10. The molecule has 2 heterocycles. The summed E-state index contributed by atoms with van der Waals surface area (Å²) in [5.74, 6) is -10.4. The first-order chi connectivity index (χ1) is 32.7. The summed E-state index contributed by atoms with van der Waals surface area (Å²) in [5, 5.41) is 37.2. The van der Waals surface area contributed by atoms with Crippen molar-refractivity contribution < 1.29 is 63.0 Å². The number of benzene rings is 1. The van der Waals surface area contributed by atoms with Gasteiger partial charge < -0.3 is 69.5 Å². The van der Waals surface area contributed by atoms with Gasteiger partial charge in [-0.1, -0.05) is 54.0 Å². The highest BCUT2D eigenvalue weighted by Crippen LogP contribution is 2.26. The van der Waals surface area contributed by atoms with Gasteiger partial charge in [0.2, 0.25) is 59.1 Å². The van der Waals surface area contributed by atoms with Crippen LogP contribution in [0.5, 0.6) is 5.75 Å². The number of carboxylic acid groups (broad SMARTS) is 1. The third kappa shape index (κ3) is 19.4. The molecule has 0 spiro atoms. The normalized spacial score (nSPS) is 23.1. The first-order valence-corrected chi connectivity index (χ1v) is 25.1. The van der Waals surface area contributed by atoms with Crippen molar-refractivity contribution in [2.24, 2.45) is 23.1 Å². The minimum absolute atomic E-state index is 0.0355. The van der Waals surface area contributed by atoms with Gasteiger partial charge in [-0.05, 0) is 68.7 Å². The summed E-state index contributed by atoms with van der Waals surface area (Å²) in [4.78, 5) is 147. The molecule has 3 rings (SSSR count). The van der Waals surface area contributed by atoms with E-state index in [2.05, 4.69) is 37.2 Å². The molecule has 2 saturated heterocycles. The zero-order valence-electron chi connectivity index (χ0n) is 38.6. The number of nitrogens with zero attached hydrogens (tertiary/aromatic N) is 1. The molecule has 382 valence electrons. The number of likely N-dealkylation sites (tertiary alicyclic amines) is 1. The maximum Gasteiger partial charge on any atom is 0.303 e. The van der Waals surface area contributed by atoms with Crippen molar-refractivity contribution in [3.8, 4) is 5.75 Å². The van der Waals surface area contributed by atoms with Gasteiger partial charge in [-0.25, -0.2) is 0 Å². The molecule has 0 radical (unpaired) electrons. The first-order valence-electron chi connectivity index (χ1n) is 22.6. The number of hydrogen-bond donors (Lipinski definition) is 12. The van der Waals surface area contributed by atoms with Crippen LogP contribution in [0.15, 0.2) is 24.3 Å². The van der Waals surface area contributed by atoms with E-state index >= 15 is 0 Å². The summed E-state index contributed by atoms with van der Waals surface area (Å²) < 4.78 is 0. The number of phenols is 1. The third-order valence-corrected chi connectivity index (χ3v) is 13.8. The minimum Gasteiger partial charge on any atom is -0.508 e. The number of carbonyl (C=O) groups is 11. The standard InChI is InChI=1S/C43H65N11O13S2/c1-3-23(2)36-42(66)50-27(13-14-35(59)60)38(62)51-29(20-32(45)56)39(63)52-30(22-69-68-18-15-34(58)48-28(40(64)53-36)19-24-9-11-25(55)12-10-24)43(67)54-17-6-8-31(54)41(65)49-26(7-4-5-16-44)37(61)47-21-33(46)57/h9-12,23,26-31,36,55H,3-8,13-22,44H2,1-2H3,(H2,45,56)(H2,46,57)(H,47,61)(H,48,58)(H,49,65)(H,50,66)(H,51,62)(H,52,63)(H,53,64)(H,59,60)/t23-,26-,27?,28-,29-,30-,31-,36-/m0/s1.